The maximum atomic E-state index is 13.1. The third-order valence-electron chi connectivity index (χ3n) is 7.31. The summed E-state index contributed by atoms with van der Waals surface area (Å²) in [6.07, 6.45) is 8.66. The van der Waals surface area contributed by atoms with Gasteiger partial charge in [-0.1, -0.05) is 44.4 Å². The number of aromatic nitrogens is 1. The Morgan fingerprint density at radius 1 is 1.03 bits per heavy atom. The Balaban J connectivity index is 1.35. The van der Waals surface area contributed by atoms with Crippen LogP contribution in [0.2, 0.25) is 0 Å². The highest BCUT2D eigenvalue weighted by Gasteiger charge is 2.31. The molecule has 1 amide bonds. The van der Waals surface area contributed by atoms with E-state index in [1.807, 2.05) is 0 Å². The second-order valence-electron chi connectivity index (χ2n) is 9.44. The minimum atomic E-state index is 0.262. The van der Waals surface area contributed by atoms with Crippen molar-refractivity contribution >= 4 is 22.6 Å². The number of amides is 1. The number of aryl methyl sites for hydroxylation is 2. The number of anilines is 1. The average molecular weight is 408 g/mol. The Bertz CT molecular complexity index is 877. The maximum Gasteiger partial charge on any atom is 0.225 e. The van der Waals surface area contributed by atoms with Crippen molar-refractivity contribution in [2.24, 2.45) is 11.8 Å². The van der Waals surface area contributed by atoms with Gasteiger partial charge in [-0.2, -0.15) is 0 Å². The summed E-state index contributed by atoms with van der Waals surface area (Å²) in [6, 6.07) is 8.60. The summed E-state index contributed by atoms with van der Waals surface area (Å²) in [5, 5.41) is 1.24. The van der Waals surface area contributed by atoms with Gasteiger partial charge in [0.2, 0.25) is 5.91 Å². The summed E-state index contributed by atoms with van der Waals surface area (Å²) in [5.41, 5.74) is 3.60. The highest BCUT2D eigenvalue weighted by Crippen LogP contribution is 2.33. The van der Waals surface area contributed by atoms with Gasteiger partial charge in [-0.3, -0.25) is 4.79 Å². The lowest BCUT2D eigenvalue weighted by Gasteiger charge is -2.38. The van der Waals surface area contributed by atoms with Crippen LogP contribution in [-0.4, -0.2) is 42.0 Å². The van der Waals surface area contributed by atoms with E-state index in [9.17, 15) is 4.79 Å². The fraction of sp³-hybridized carbons (Fsp3) is 0.615. The molecule has 1 aromatic heterocycles. The lowest BCUT2D eigenvalue weighted by Crippen LogP contribution is -2.51. The number of pyridine rings is 1. The highest BCUT2D eigenvalue weighted by atomic mass is 16.2. The molecule has 0 unspecified atom stereocenters. The number of carbonyl (C=O) groups is 1. The molecule has 0 N–H and O–H groups in total. The van der Waals surface area contributed by atoms with Gasteiger partial charge in [-0.05, 0) is 62.6 Å². The monoisotopic (exact) mass is 407 g/mol. The van der Waals surface area contributed by atoms with Gasteiger partial charge in [0, 0.05) is 37.5 Å². The molecule has 1 aromatic carbocycles. The third kappa shape index (κ3) is 4.48. The first-order valence-electron chi connectivity index (χ1n) is 12.0. The van der Waals surface area contributed by atoms with Crippen LogP contribution >= 0.6 is 0 Å². The molecule has 1 aliphatic carbocycles. The maximum absolute atomic E-state index is 13.1. The van der Waals surface area contributed by atoms with Gasteiger partial charge in [0.05, 0.1) is 5.52 Å². The molecule has 2 aliphatic rings. The van der Waals surface area contributed by atoms with Crippen molar-refractivity contribution in [2.45, 2.75) is 65.7 Å². The summed E-state index contributed by atoms with van der Waals surface area (Å²) in [6.45, 7) is 9.96. The molecule has 2 heterocycles. The molecule has 2 aromatic rings. The van der Waals surface area contributed by atoms with Gasteiger partial charge >= 0.3 is 0 Å². The fourth-order valence-corrected chi connectivity index (χ4v) is 5.31. The van der Waals surface area contributed by atoms with Gasteiger partial charge < -0.3 is 9.80 Å². The van der Waals surface area contributed by atoms with E-state index in [2.05, 4.69) is 54.8 Å². The van der Waals surface area contributed by atoms with E-state index in [4.69, 9.17) is 4.98 Å². The highest BCUT2D eigenvalue weighted by molar-refractivity contribution is 5.86. The lowest BCUT2D eigenvalue weighted by atomic mass is 9.79. The van der Waals surface area contributed by atoms with Gasteiger partial charge in [0.1, 0.15) is 5.82 Å². The van der Waals surface area contributed by atoms with Crippen LogP contribution in [0.4, 0.5) is 5.82 Å². The summed E-state index contributed by atoms with van der Waals surface area (Å²) in [5.74, 6) is 2.58. The normalized spacial score (nSPS) is 22.5. The zero-order chi connectivity index (χ0) is 21.1. The topological polar surface area (TPSA) is 36.4 Å². The van der Waals surface area contributed by atoms with E-state index in [0.29, 0.717) is 5.91 Å². The number of para-hydroxylation sites is 1. The van der Waals surface area contributed by atoms with Crippen molar-refractivity contribution < 1.29 is 4.79 Å². The Morgan fingerprint density at radius 3 is 2.47 bits per heavy atom. The smallest absolute Gasteiger partial charge is 0.225 e. The number of piperazine rings is 1. The quantitative estimate of drug-likeness (QED) is 0.657. The van der Waals surface area contributed by atoms with Crippen LogP contribution in [0.3, 0.4) is 0 Å². The minimum absolute atomic E-state index is 0.262. The molecule has 1 saturated carbocycles. The van der Waals surface area contributed by atoms with Crippen LogP contribution in [-0.2, 0) is 4.79 Å². The Morgan fingerprint density at radius 2 is 1.77 bits per heavy atom. The van der Waals surface area contributed by atoms with E-state index >= 15 is 0 Å². The number of nitrogens with zero attached hydrogens (tertiary/aromatic N) is 3. The molecule has 1 aliphatic heterocycles. The molecule has 2 fully saturated rings. The molecule has 1 saturated heterocycles. The number of fused-ring (bicyclic) bond motifs is 1. The predicted octanol–water partition coefficient (Wildman–Crippen LogP) is 5.50. The number of unbranched alkanes of at least 4 members (excludes halogenated alkanes) is 1. The van der Waals surface area contributed by atoms with Crippen molar-refractivity contribution in [1.29, 1.82) is 0 Å². The largest absolute Gasteiger partial charge is 0.353 e. The first-order valence-corrected chi connectivity index (χ1v) is 12.0. The third-order valence-corrected chi connectivity index (χ3v) is 7.31. The first kappa shape index (κ1) is 21.1. The summed E-state index contributed by atoms with van der Waals surface area (Å²) in [4.78, 5) is 22.5. The second kappa shape index (κ2) is 9.36. The molecule has 0 spiro atoms. The van der Waals surface area contributed by atoms with Crippen molar-refractivity contribution in [3.8, 4) is 0 Å². The fourth-order valence-electron chi connectivity index (χ4n) is 5.31. The zero-order valence-electron chi connectivity index (χ0n) is 19.0. The number of carbonyl (C=O) groups excluding carboxylic acids is 1. The number of hydrogen-bond donors (Lipinski definition) is 0. The lowest BCUT2D eigenvalue weighted by molar-refractivity contribution is -0.137. The van der Waals surface area contributed by atoms with Crippen LogP contribution in [0.25, 0.3) is 10.9 Å². The van der Waals surface area contributed by atoms with Gasteiger partial charge in [-0.25, -0.2) is 4.98 Å². The number of benzene rings is 1. The molecule has 162 valence electrons. The van der Waals surface area contributed by atoms with Crippen LogP contribution in [0.5, 0.6) is 0 Å². The van der Waals surface area contributed by atoms with Crippen molar-refractivity contribution in [2.75, 3.05) is 31.1 Å². The zero-order valence-corrected chi connectivity index (χ0v) is 19.0. The second-order valence-corrected chi connectivity index (χ2v) is 9.44. The number of hydrogen-bond acceptors (Lipinski definition) is 3. The van der Waals surface area contributed by atoms with E-state index in [1.165, 1.54) is 48.6 Å². The summed E-state index contributed by atoms with van der Waals surface area (Å²) < 4.78 is 0. The van der Waals surface area contributed by atoms with E-state index in [0.717, 1.165) is 56.3 Å². The molecular formula is C26H37N3O. The summed E-state index contributed by atoms with van der Waals surface area (Å²) >= 11 is 0. The first-order chi connectivity index (χ1) is 14.6. The van der Waals surface area contributed by atoms with Crippen molar-refractivity contribution in [1.82, 2.24) is 9.88 Å². The molecule has 0 bridgehead atoms. The Kier molecular flexibility index (Phi) is 6.60. The number of rotatable bonds is 5. The Hall–Kier alpha value is -2.10. The predicted molar refractivity (Wildman–Crippen MR) is 125 cm³/mol. The van der Waals surface area contributed by atoms with Crippen LogP contribution in [0.1, 0.15) is 63.0 Å². The molecule has 4 nitrogen and oxygen atoms in total. The minimum Gasteiger partial charge on any atom is -0.353 e. The van der Waals surface area contributed by atoms with E-state index < -0.39 is 0 Å². The SMILES string of the molecule is CCCCC1CCC(C(=O)N2CCN(c3cc(C)c4cccc(C)c4n3)CC2)CC1. The van der Waals surface area contributed by atoms with Crippen LogP contribution < -0.4 is 4.90 Å². The van der Waals surface area contributed by atoms with Gasteiger partial charge in [-0.15, -0.1) is 0 Å². The average Bonchev–Trinajstić information content (AvgIpc) is 2.78. The summed E-state index contributed by atoms with van der Waals surface area (Å²) in [7, 11) is 0. The molecular weight excluding hydrogens is 370 g/mol. The van der Waals surface area contributed by atoms with Crippen molar-refractivity contribution in [3.63, 3.8) is 0 Å². The van der Waals surface area contributed by atoms with Crippen LogP contribution in [0, 0.1) is 25.7 Å². The standard InChI is InChI=1S/C26H37N3O/c1-4-5-8-21-10-12-22(13-11-21)26(30)29-16-14-28(15-17-29)24-18-20(3)23-9-6-7-19(2)25(23)27-24/h6-7,9,18,21-22H,4-5,8,10-17H2,1-3H3. The van der Waals surface area contributed by atoms with E-state index in [-0.39, 0.29) is 5.92 Å². The molecule has 0 atom stereocenters. The van der Waals surface area contributed by atoms with Crippen molar-refractivity contribution in [3.05, 3.63) is 35.4 Å². The Labute approximate surface area is 181 Å². The van der Waals surface area contributed by atoms with Gasteiger partial charge in [0.25, 0.3) is 0 Å². The van der Waals surface area contributed by atoms with E-state index in [1.54, 1.807) is 0 Å². The molecule has 4 rings (SSSR count). The molecule has 30 heavy (non-hydrogen) atoms. The van der Waals surface area contributed by atoms with Gasteiger partial charge in [0.15, 0.2) is 0 Å². The van der Waals surface area contributed by atoms with Crippen LogP contribution in [0.15, 0.2) is 24.3 Å². The molecule has 0 radical (unpaired) electrons. The molecule has 4 heteroatoms.